The molecule has 1 aliphatic heterocycles. The zero-order valence-electron chi connectivity index (χ0n) is 32.1. The first-order valence-electron chi connectivity index (χ1n) is 19.8. The molecule has 0 radical (unpaired) electrons. The Morgan fingerprint density at radius 1 is 0.875 bits per heavy atom. The molecule has 2 heterocycles. The normalized spacial score (nSPS) is 18.8. The van der Waals surface area contributed by atoms with E-state index in [2.05, 4.69) is 50.6 Å². The number of ether oxygens (including phenoxy) is 1. The standard InChI is InChI=1S/C38H75N3O5SSi/c1-8-9-10-11-12-13-14-18-21-24-27-36(46-48(6,7)38(2,3)4)35-29-28-34(45-35)33(42)26-23-20-17-15-16-19-22-25-31-40-47(43,44)37-30-32-39-41(37)5/h30,32-36,40,42H,8-29,31H2,1-7H3/t33-,34-,35-,36-/m1/s1. The van der Waals surface area contributed by atoms with Crippen LogP contribution in [0.2, 0.25) is 18.1 Å². The summed E-state index contributed by atoms with van der Waals surface area (Å²) in [6.07, 6.45) is 27.1. The largest absolute Gasteiger partial charge is 0.411 e. The van der Waals surface area contributed by atoms with E-state index in [4.69, 9.17) is 9.16 Å². The Morgan fingerprint density at radius 2 is 1.38 bits per heavy atom. The number of aliphatic hydroxyl groups excluding tert-OH is 1. The van der Waals surface area contributed by atoms with E-state index in [-0.39, 0.29) is 28.4 Å². The third kappa shape index (κ3) is 16.5. The summed E-state index contributed by atoms with van der Waals surface area (Å²) in [5, 5.41) is 15.3. The maximum absolute atomic E-state index is 12.3. The molecule has 0 amide bonds. The number of nitrogens with zero attached hydrogens (tertiary/aromatic N) is 2. The Kier molecular flexibility index (Phi) is 20.7. The molecule has 2 N–H and O–H groups in total. The summed E-state index contributed by atoms with van der Waals surface area (Å²) in [5.41, 5.74) is 0. The summed E-state index contributed by atoms with van der Waals surface area (Å²) in [4.78, 5) is 0. The van der Waals surface area contributed by atoms with Gasteiger partial charge in [0.15, 0.2) is 13.3 Å². The minimum absolute atomic E-state index is 0.0662. The van der Waals surface area contributed by atoms with Crippen LogP contribution in [0.5, 0.6) is 0 Å². The van der Waals surface area contributed by atoms with Crippen LogP contribution in [0.3, 0.4) is 0 Å². The van der Waals surface area contributed by atoms with Crippen molar-refractivity contribution in [2.75, 3.05) is 6.54 Å². The first-order chi connectivity index (χ1) is 22.8. The quantitative estimate of drug-likeness (QED) is 0.0662. The number of nitrogens with one attached hydrogen (secondary N) is 1. The molecule has 0 unspecified atom stereocenters. The molecule has 0 saturated carbocycles. The molecule has 0 spiro atoms. The van der Waals surface area contributed by atoms with Crippen LogP contribution in [-0.4, -0.2) is 62.6 Å². The van der Waals surface area contributed by atoms with E-state index in [0.717, 1.165) is 57.8 Å². The van der Waals surface area contributed by atoms with Gasteiger partial charge >= 0.3 is 0 Å². The molecule has 1 aliphatic rings. The third-order valence-electron chi connectivity index (χ3n) is 10.8. The van der Waals surface area contributed by atoms with Crippen LogP contribution in [0, 0.1) is 0 Å². The summed E-state index contributed by atoms with van der Waals surface area (Å²) < 4.78 is 42.2. The van der Waals surface area contributed by atoms with Gasteiger partial charge in [0.2, 0.25) is 0 Å². The Labute approximate surface area is 297 Å². The van der Waals surface area contributed by atoms with E-state index in [1.54, 1.807) is 7.05 Å². The monoisotopic (exact) mass is 714 g/mol. The summed E-state index contributed by atoms with van der Waals surface area (Å²) in [6, 6.07) is 1.51. The van der Waals surface area contributed by atoms with Crippen molar-refractivity contribution in [3.05, 3.63) is 12.3 Å². The van der Waals surface area contributed by atoms with Crippen LogP contribution in [0.1, 0.15) is 169 Å². The van der Waals surface area contributed by atoms with Gasteiger partial charge in [0.05, 0.1) is 30.6 Å². The second kappa shape index (κ2) is 22.9. The number of aryl methyl sites for hydroxylation is 1. The van der Waals surface area contributed by atoms with Crippen LogP contribution in [0.15, 0.2) is 17.3 Å². The molecule has 282 valence electrons. The predicted molar refractivity (Wildman–Crippen MR) is 202 cm³/mol. The molecule has 0 aliphatic carbocycles. The van der Waals surface area contributed by atoms with Gasteiger partial charge in [-0.3, -0.25) is 4.68 Å². The second-order valence-electron chi connectivity index (χ2n) is 16.1. The lowest BCUT2D eigenvalue weighted by atomic mass is 10.00. The van der Waals surface area contributed by atoms with Crippen molar-refractivity contribution in [1.29, 1.82) is 0 Å². The lowest BCUT2D eigenvalue weighted by Crippen LogP contribution is -2.47. The minimum Gasteiger partial charge on any atom is -0.411 e. The van der Waals surface area contributed by atoms with E-state index >= 15 is 0 Å². The average Bonchev–Trinajstić information content (AvgIpc) is 3.69. The highest BCUT2D eigenvalue weighted by molar-refractivity contribution is 7.89. The van der Waals surface area contributed by atoms with E-state index < -0.39 is 24.4 Å². The molecule has 48 heavy (non-hydrogen) atoms. The number of aromatic nitrogens is 2. The van der Waals surface area contributed by atoms with E-state index in [1.165, 1.54) is 100 Å². The molecular formula is C38H75N3O5SSi. The smallest absolute Gasteiger partial charge is 0.257 e. The van der Waals surface area contributed by atoms with Crippen LogP contribution in [0.25, 0.3) is 0 Å². The molecule has 4 atom stereocenters. The summed E-state index contributed by atoms with van der Waals surface area (Å²) >= 11 is 0. The number of hydrogen-bond acceptors (Lipinski definition) is 6. The van der Waals surface area contributed by atoms with Gasteiger partial charge in [0, 0.05) is 13.6 Å². The van der Waals surface area contributed by atoms with Gasteiger partial charge in [-0.2, -0.15) is 5.10 Å². The fourth-order valence-corrected chi connectivity index (χ4v) is 9.16. The second-order valence-corrected chi connectivity index (χ2v) is 22.5. The van der Waals surface area contributed by atoms with Crippen molar-refractivity contribution in [3.8, 4) is 0 Å². The van der Waals surface area contributed by atoms with Crippen molar-refractivity contribution < 1.29 is 22.7 Å². The van der Waals surface area contributed by atoms with Crippen molar-refractivity contribution in [2.45, 2.75) is 217 Å². The first kappa shape index (κ1) is 43.4. The zero-order chi connectivity index (χ0) is 35.5. The maximum Gasteiger partial charge on any atom is 0.257 e. The molecule has 1 fully saturated rings. The molecule has 1 aromatic rings. The zero-order valence-corrected chi connectivity index (χ0v) is 33.9. The van der Waals surface area contributed by atoms with Gasteiger partial charge in [-0.25, -0.2) is 13.1 Å². The number of unbranched alkanes of at least 4 members (excludes halogenated alkanes) is 16. The lowest BCUT2D eigenvalue weighted by molar-refractivity contribution is -0.0751. The van der Waals surface area contributed by atoms with E-state index in [1.807, 2.05) is 0 Å². The van der Waals surface area contributed by atoms with Crippen LogP contribution >= 0.6 is 0 Å². The molecule has 10 heteroatoms. The lowest BCUT2D eigenvalue weighted by Gasteiger charge is -2.41. The molecule has 1 saturated heterocycles. The Bertz CT molecular complexity index is 1070. The van der Waals surface area contributed by atoms with Crippen molar-refractivity contribution in [2.24, 2.45) is 7.05 Å². The first-order valence-corrected chi connectivity index (χ1v) is 24.2. The summed E-state index contributed by atoms with van der Waals surface area (Å²) in [7, 11) is -3.77. The van der Waals surface area contributed by atoms with Gasteiger partial charge in [-0.05, 0) is 56.3 Å². The number of sulfonamides is 1. The average molecular weight is 714 g/mol. The van der Waals surface area contributed by atoms with Gasteiger partial charge in [-0.1, -0.05) is 137 Å². The maximum atomic E-state index is 12.3. The number of aliphatic hydroxyl groups is 1. The van der Waals surface area contributed by atoms with Gasteiger partial charge in [0.25, 0.3) is 10.0 Å². The highest BCUT2D eigenvalue weighted by Gasteiger charge is 2.43. The van der Waals surface area contributed by atoms with Crippen LogP contribution in [0.4, 0.5) is 0 Å². The van der Waals surface area contributed by atoms with Gasteiger partial charge in [-0.15, -0.1) is 0 Å². The Morgan fingerprint density at radius 3 is 1.90 bits per heavy atom. The van der Waals surface area contributed by atoms with Crippen LogP contribution in [-0.2, 0) is 26.2 Å². The van der Waals surface area contributed by atoms with Crippen LogP contribution < -0.4 is 4.72 Å². The van der Waals surface area contributed by atoms with E-state index in [0.29, 0.717) is 6.54 Å². The molecule has 8 nitrogen and oxygen atoms in total. The predicted octanol–water partition coefficient (Wildman–Crippen LogP) is 9.82. The molecule has 2 rings (SSSR count). The van der Waals surface area contributed by atoms with Crippen molar-refractivity contribution in [3.63, 3.8) is 0 Å². The molecule has 0 aromatic carbocycles. The highest BCUT2D eigenvalue weighted by Crippen LogP contribution is 2.40. The van der Waals surface area contributed by atoms with Crippen molar-refractivity contribution >= 4 is 18.3 Å². The Balaban J connectivity index is 1.61. The minimum atomic E-state index is -3.48. The van der Waals surface area contributed by atoms with Gasteiger partial charge in [0.1, 0.15) is 0 Å². The number of rotatable bonds is 28. The molecule has 0 bridgehead atoms. The van der Waals surface area contributed by atoms with Crippen molar-refractivity contribution in [1.82, 2.24) is 14.5 Å². The fourth-order valence-electron chi connectivity index (χ4n) is 6.59. The van der Waals surface area contributed by atoms with E-state index in [9.17, 15) is 13.5 Å². The number of hydrogen-bond donors (Lipinski definition) is 2. The third-order valence-corrected chi connectivity index (χ3v) is 16.8. The highest BCUT2D eigenvalue weighted by atomic mass is 32.2. The SMILES string of the molecule is CCCCCCCCCCCC[C@@H](O[Si](C)(C)C(C)(C)C)[C@H]1CC[C@H]([C@H](O)CCCCCCCCCCNS(=O)(=O)c2ccnn2C)O1. The Hall–Kier alpha value is -0.783. The molecular weight excluding hydrogens is 639 g/mol. The summed E-state index contributed by atoms with van der Waals surface area (Å²) in [6.45, 7) is 14.4. The fraction of sp³-hybridized carbons (Fsp3) is 0.921. The summed E-state index contributed by atoms with van der Waals surface area (Å²) in [5.74, 6) is 0. The topological polar surface area (TPSA) is 103 Å². The molecule has 1 aromatic heterocycles. The van der Waals surface area contributed by atoms with Gasteiger partial charge < -0.3 is 14.3 Å².